The Morgan fingerprint density at radius 1 is 1.16 bits per heavy atom. The summed E-state index contributed by atoms with van der Waals surface area (Å²) < 4.78 is 24.3. The van der Waals surface area contributed by atoms with Crippen LogP contribution >= 0.6 is 0 Å². The highest BCUT2D eigenvalue weighted by Gasteiger charge is 2.25. The van der Waals surface area contributed by atoms with Crippen LogP contribution in [0, 0.1) is 5.92 Å². The molecule has 1 heterocycles. The second-order valence-corrected chi connectivity index (χ2v) is 7.99. The maximum Gasteiger partial charge on any atom is 0.211 e. The van der Waals surface area contributed by atoms with Gasteiger partial charge < -0.3 is 5.11 Å². The SMILES string of the molecule is CS(=O)(=O)N1CCN(CC(O)CC2CCCC2)CC1. The molecule has 1 unspecified atom stereocenters. The van der Waals surface area contributed by atoms with Gasteiger partial charge in [0.15, 0.2) is 0 Å². The molecule has 1 N–H and O–H groups in total. The third-order valence-electron chi connectivity index (χ3n) is 4.35. The number of aliphatic hydroxyl groups is 1. The molecule has 1 saturated heterocycles. The number of hydrogen-bond donors (Lipinski definition) is 1. The lowest BCUT2D eigenvalue weighted by atomic mass is 10.00. The Balaban J connectivity index is 1.70. The van der Waals surface area contributed by atoms with E-state index in [2.05, 4.69) is 4.90 Å². The first-order valence-electron chi connectivity index (χ1n) is 7.30. The molecule has 1 saturated carbocycles. The van der Waals surface area contributed by atoms with Gasteiger partial charge in [0.1, 0.15) is 0 Å². The molecule has 6 heteroatoms. The summed E-state index contributed by atoms with van der Waals surface area (Å²) in [6.07, 6.45) is 7.06. The third-order valence-corrected chi connectivity index (χ3v) is 5.65. The molecule has 0 aromatic rings. The minimum Gasteiger partial charge on any atom is -0.392 e. The Morgan fingerprint density at radius 2 is 1.74 bits per heavy atom. The Kier molecular flexibility index (Phi) is 5.22. The average Bonchev–Trinajstić information content (AvgIpc) is 2.81. The molecular formula is C13H26N2O3S. The van der Waals surface area contributed by atoms with Crippen LogP contribution in [0.25, 0.3) is 0 Å². The summed E-state index contributed by atoms with van der Waals surface area (Å²) in [6.45, 7) is 3.25. The molecule has 0 aromatic heterocycles. The van der Waals surface area contributed by atoms with Gasteiger partial charge >= 0.3 is 0 Å². The van der Waals surface area contributed by atoms with Crippen molar-refractivity contribution >= 4 is 10.0 Å². The Labute approximate surface area is 116 Å². The molecular weight excluding hydrogens is 264 g/mol. The van der Waals surface area contributed by atoms with E-state index in [1.54, 1.807) is 0 Å². The molecule has 0 spiro atoms. The summed E-state index contributed by atoms with van der Waals surface area (Å²) >= 11 is 0. The van der Waals surface area contributed by atoms with E-state index in [0.29, 0.717) is 25.6 Å². The number of hydrogen-bond acceptors (Lipinski definition) is 4. The van der Waals surface area contributed by atoms with E-state index < -0.39 is 10.0 Å². The van der Waals surface area contributed by atoms with Gasteiger partial charge in [-0.3, -0.25) is 4.90 Å². The standard InChI is InChI=1S/C13H26N2O3S/c1-19(17,18)15-8-6-14(7-9-15)11-13(16)10-12-4-2-3-5-12/h12-13,16H,2-11H2,1H3. The predicted molar refractivity (Wildman–Crippen MR) is 75.4 cm³/mol. The minimum absolute atomic E-state index is 0.257. The molecule has 0 amide bonds. The molecule has 1 aliphatic carbocycles. The van der Waals surface area contributed by atoms with E-state index in [0.717, 1.165) is 19.5 Å². The molecule has 2 aliphatic rings. The maximum absolute atomic E-state index is 11.4. The fourth-order valence-electron chi connectivity index (χ4n) is 3.25. The number of sulfonamides is 1. The van der Waals surface area contributed by atoms with Crippen molar-refractivity contribution in [3.63, 3.8) is 0 Å². The van der Waals surface area contributed by atoms with Crippen LogP contribution in [0.3, 0.4) is 0 Å². The number of aliphatic hydroxyl groups excluding tert-OH is 1. The summed E-state index contributed by atoms with van der Waals surface area (Å²) in [5, 5.41) is 10.1. The predicted octanol–water partition coefficient (Wildman–Crippen LogP) is 0.505. The number of rotatable bonds is 5. The lowest BCUT2D eigenvalue weighted by molar-refractivity contribution is 0.0756. The lowest BCUT2D eigenvalue weighted by Crippen LogP contribution is -2.50. The molecule has 1 aliphatic heterocycles. The van der Waals surface area contributed by atoms with Crippen molar-refractivity contribution in [3.8, 4) is 0 Å². The highest BCUT2D eigenvalue weighted by atomic mass is 32.2. The molecule has 5 nitrogen and oxygen atoms in total. The number of β-amino-alcohol motifs (C(OH)–C–C–N with tert-alkyl or cyclic N) is 1. The molecule has 0 radical (unpaired) electrons. The summed E-state index contributed by atoms with van der Waals surface area (Å²) in [5.74, 6) is 0.701. The van der Waals surface area contributed by atoms with Crippen molar-refractivity contribution < 1.29 is 13.5 Å². The normalized spacial score (nSPS) is 25.8. The van der Waals surface area contributed by atoms with Crippen LogP contribution < -0.4 is 0 Å². The van der Waals surface area contributed by atoms with Gasteiger partial charge in [0.25, 0.3) is 0 Å². The van der Waals surface area contributed by atoms with Gasteiger partial charge in [0, 0.05) is 32.7 Å². The fraction of sp³-hybridized carbons (Fsp3) is 1.00. The summed E-state index contributed by atoms with van der Waals surface area (Å²) in [4.78, 5) is 2.18. The van der Waals surface area contributed by atoms with E-state index in [4.69, 9.17) is 0 Å². The monoisotopic (exact) mass is 290 g/mol. The zero-order valence-corrected chi connectivity index (χ0v) is 12.6. The molecule has 2 rings (SSSR count). The van der Waals surface area contributed by atoms with E-state index >= 15 is 0 Å². The van der Waals surface area contributed by atoms with Crippen LogP contribution in [-0.2, 0) is 10.0 Å². The molecule has 0 aromatic carbocycles. The second kappa shape index (κ2) is 6.52. The quantitative estimate of drug-likeness (QED) is 0.801. The summed E-state index contributed by atoms with van der Waals surface area (Å²) in [5.41, 5.74) is 0. The second-order valence-electron chi connectivity index (χ2n) is 6.00. The molecule has 19 heavy (non-hydrogen) atoms. The number of nitrogens with zero attached hydrogens (tertiary/aromatic N) is 2. The van der Waals surface area contributed by atoms with Crippen molar-refractivity contribution in [2.24, 2.45) is 5.92 Å². The van der Waals surface area contributed by atoms with Crippen molar-refractivity contribution in [3.05, 3.63) is 0 Å². The molecule has 112 valence electrons. The first-order valence-corrected chi connectivity index (χ1v) is 9.15. The van der Waals surface area contributed by atoms with E-state index in [9.17, 15) is 13.5 Å². The third kappa shape index (κ3) is 4.70. The van der Waals surface area contributed by atoms with Gasteiger partial charge in [-0.1, -0.05) is 25.7 Å². The Morgan fingerprint density at radius 3 is 2.26 bits per heavy atom. The first kappa shape index (κ1) is 15.2. The average molecular weight is 290 g/mol. The highest BCUT2D eigenvalue weighted by molar-refractivity contribution is 7.88. The zero-order chi connectivity index (χ0) is 13.9. The molecule has 2 fully saturated rings. The fourth-order valence-corrected chi connectivity index (χ4v) is 4.07. The van der Waals surface area contributed by atoms with Crippen LogP contribution in [0.4, 0.5) is 0 Å². The largest absolute Gasteiger partial charge is 0.392 e. The van der Waals surface area contributed by atoms with Gasteiger partial charge in [-0.05, 0) is 12.3 Å². The van der Waals surface area contributed by atoms with Gasteiger partial charge in [-0.2, -0.15) is 4.31 Å². The van der Waals surface area contributed by atoms with Crippen LogP contribution in [0.5, 0.6) is 0 Å². The maximum atomic E-state index is 11.4. The summed E-state index contributed by atoms with van der Waals surface area (Å²) in [6, 6.07) is 0. The zero-order valence-electron chi connectivity index (χ0n) is 11.8. The van der Waals surface area contributed by atoms with Crippen molar-refractivity contribution in [1.29, 1.82) is 0 Å². The van der Waals surface area contributed by atoms with Crippen LogP contribution in [0.15, 0.2) is 0 Å². The smallest absolute Gasteiger partial charge is 0.211 e. The van der Waals surface area contributed by atoms with E-state index in [-0.39, 0.29) is 6.10 Å². The van der Waals surface area contributed by atoms with Gasteiger partial charge in [-0.25, -0.2) is 8.42 Å². The van der Waals surface area contributed by atoms with Crippen LogP contribution in [0.2, 0.25) is 0 Å². The van der Waals surface area contributed by atoms with Crippen molar-refractivity contribution in [2.45, 2.75) is 38.2 Å². The Hall–Kier alpha value is -0.170. The lowest BCUT2D eigenvalue weighted by Gasteiger charge is -2.34. The highest BCUT2D eigenvalue weighted by Crippen LogP contribution is 2.28. The van der Waals surface area contributed by atoms with E-state index in [1.807, 2.05) is 0 Å². The first-order chi connectivity index (χ1) is 8.95. The summed E-state index contributed by atoms with van der Waals surface area (Å²) in [7, 11) is -3.05. The van der Waals surface area contributed by atoms with Gasteiger partial charge in [0.05, 0.1) is 12.4 Å². The van der Waals surface area contributed by atoms with Crippen LogP contribution in [-0.4, -0.2) is 67.8 Å². The van der Waals surface area contributed by atoms with Gasteiger partial charge in [0.2, 0.25) is 10.0 Å². The molecule has 0 bridgehead atoms. The van der Waals surface area contributed by atoms with Gasteiger partial charge in [-0.15, -0.1) is 0 Å². The topological polar surface area (TPSA) is 60.9 Å². The van der Waals surface area contributed by atoms with E-state index in [1.165, 1.54) is 36.2 Å². The van der Waals surface area contributed by atoms with Crippen molar-refractivity contribution in [1.82, 2.24) is 9.21 Å². The number of piperazine rings is 1. The minimum atomic E-state index is -3.05. The Bertz CT molecular complexity index is 371. The molecule has 1 atom stereocenters. The van der Waals surface area contributed by atoms with Crippen molar-refractivity contribution in [2.75, 3.05) is 39.0 Å². The van der Waals surface area contributed by atoms with Crippen LogP contribution in [0.1, 0.15) is 32.1 Å².